The highest BCUT2D eigenvalue weighted by atomic mass is 32.2. The maximum Gasteiger partial charge on any atom is 0.241 e. The molecule has 0 aliphatic heterocycles. The third kappa shape index (κ3) is 3.10. The first-order chi connectivity index (χ1) is 9.35. The number of nitrogens with one attached hydrogen (secondary N) is 1. The van der Waals surface area contributed by atoms with Gasteiger partial charge in [-0.05, 0) is 43.7 Å². The zero-order valence-corrected chi connectivity index (χ0v) is 13.2. The van der Waals surface area contributed by atoms with Crippen molar-refractivity contribution in [3.05, 3.63) is 23.5 Å². The Labute approximate surface area is 123 Å². The van der Waals surface area contributed by atoms with Crippen LogP contribution in [0.15, 0.2) is 17.0 Å². The first-order valence-corrected chi connectivity index (χ1v) is 9.23. The lowest BCUT2D eigenvalue weighted by Gasteiger charge is -2.20. The topological polar surface area (TPSA) is 72.2 Å². The van der Waals surface area contributed by atoms with Gasteiger partial charge in [-0.2, -0.15) is 11.8 Å². The molecule has 0 amide bonds. The van der Waals surface area contributed by atoms with Crippen molar-refractivity contribution in [1.82, 2.24) is 4.72 Å². The number of nitrogens with two attached hydrogens (primary N) is 1. The molecular formula is C13H19FN2O2S2. The molecule has 1 saturated carbocycles. The molecule has 1 aliphatic rings. The van der Waals surface area contributed by atoms with Gasteiger partial charge in [-0.25, -0.2) is 17.5 Å². The first-order valence-electron chi connectivity index (χ1n) is 6.46. The fourth-order valence-electron chi connectivity index (χ4n) is 2.56. The lowest BCUT2D eigenvalue weighted by Crippen LogP contribution is -2.38. The SMILES string of the molecule is CSC1CCCC1NS(=O)(=O)c1cc(N)c(F)cc1C. The minimum absolute atomic E-state index is 0.0585. The van der Waals surface area contributed by atoms with Crippen molar-refractivity contribution in [2.75, 3.05) is 12.0 Å². The lowest BCUT2D eigenvalue weighted by atomic mass is 10.2. The van der Waals surface area contributed by atoms with Crippen LogP contribution < -0.4 is 10.5 Å². The molecule has 0 saturated heterocycles. The molecule has 2 rings (SSSR count). The maximum atomic E-state index is 13.3. The van der Waals surface area contributed by atoms with E-state index < -0.39 is 15.8 Å². The number of thioether (sulfide) groups is 1. The van der Waals surface area contributed by atoms with E-state index in [1.165, 1.54) is 6.07 Å². The lowest BCUT2D eigenvalue weighted by molar-refractivity contribution is 0.554. The van der Waals surface area contributed by atoms with Gasteiger partial charge < -0.3 is 5.73 Å². The minimum atomic E-state index is -3.67. The number of benzene rings is 1. The summed E-state index contributed by atoms with van der Waals surface area (Å²) < 4.78 is 40.9. The molecule has 3 N–H and O–H groups in total. The van der Waals surface area contributed by atoms with E-state index in [4.69, 9.17) is 5.73 Å². The summed E-state index contributed by atoms with van der Waals surface area (Å²) >= 11 is 1.67. The second kappa shape index (κ2) is 5.91. The van der Waals surface area contributed by atoms with E-state index in [0.717, 1.165) is 25.3 Å². The van der Waals surface area contributed by atoms with Crippen LogP contribution in [0.1, 0.15) is 24.8 Å². The normalized spacial score (nSPS) is 23.1. The Morgan fingerprint density at radius 2 is 2.10 bits per heavy atom. The number of aryl methyl sites for hydroxylation is 1. The van der Waals surface area contributed by atoms with Gasteiger partial charge >= 0.3 is 0 Å². The van der Waals surface area contributed by atoms with E-state index in [1.807, 2.05) is 6.26 Å². The molecule has 112 valence electrons. The highest BCUT2D eigenvalue weighted by Crippen LogP contribution is 2.30. The van der Waals surface area contributed by atoms with Gasteiger partial charge in [-0.3, -0.25) is 0 Å². The predicted octanol–water partition coefficient (Wildman–Crippen LogP) is 2.28. The summed E-state index contributed by atoms with van der Waals surface area (Å²) in [6.45, 7) is 1.57. The molecule has 1 aromatic carbocycles. The third-order valence-corrected chi connectivity index (χ3v) is 6.45. The van der Waals surface area contributed by atoms with Crippen molar-refractivity contribution in [1.29, 1.82) is 0 Å². The van der Waals surface area contributed by atoms with Crippen molar-refractivity contribution >= 4 is 27.5 Å². The molecule has 0 heterocycles. The van der Waals surface area contributed by atoms with Gasteiger partial charge in [0.1, 0.15) is 5.82 Å². The maximum absolute atomic E-state index is 13.3. The number of hydrogen-bond acceptors (Lipinski definition) is 4. The van der Waals surface area contributed by atoms with Gasteiger partial charge in [0.05, 0.1) is 10.6 Å². The molecule has 20 heavy (non-hydrogen) atoms. The van der Waals surface area contributed by atoms with E-state index in [9.17, 15) is 12.8 Å². The Hall–Kier alpha value is -0.790. The van der Waals surface area contributed by atoms with Gasteiger partial charge in [0.25, 0.3) is 0 Å². The summed E-state index contributed by atoms with van der Waals surface area (Å²) in [5.74, 6) is -0.593. The van der Waals surface area contributed by atoms with Gasteiger partial charge in [-0.15, -0.1) is 0 Å². The number of rotatable bonds is 4. The largest absolute Gasteiger partial charge is 0.396 e. The van der Waals surface area contributed by atoms with E-state index in [1.54, 1.807) is 18.7 Å². The summed E-state index contributed by atoms with van der Waals surface area (Å²) in [6.07, 6.45) is 4.85. The molecule has 1 aromatic rings. The molecule has 0 radical (unpaired) electrons. The quantitative estimate of drug-likeness (QED) is 0.836. The summed E-state index contributed by atoms with van der Waals surface area (Å²) in [4.78, 5) is 0.0585. The Balaban J connectivity index is 2.29. The molecule has 4 nitrogen and oxygen atoms in total. The highest BCUT2D eigenvalue weighted by molar-refractivity contribution is 7.99. The van der Waals surface area contributed by atoms with Crippen LogP contribution in [-0.2, 0) is 10.0 Å². The number of sulfonamides is 1. The molecule has 0 spiro atoms. The Kier molecular flexibility index (Phi) is 4.61. The summed E-state index contributed by atoms with van der Waals surface area (Å²) in [5, 5.41) is 0.294. The van der Waals surface area contributed by atoms with Crippen LogP contribution in [0, 0.1) is 12.7 Å². The van der Waals surface area contributed by atoms with Gasteiger partial charge in [0.15, 0.2) is 0 Å². The molecule has 1 aliphatic carbocycles. The number of halogens is 1. The van der Waals surface area contributed by atoms with Crippen molar-refractivity contribution < 1.29 is 12.8 Å². The molecule has 7 heteroatoms. The third-order valence-electron chi connectivity index (χ3n) is 3.65. The molecule has 0 bridgehead atoms. The molecule has 2 atom stereocenters. The van der Waals surface area contributed by atoms with Crippen LogP contribution in [-0.4, -0.2) is 26.0 Å². The van der Waals surface area contributed by atoms with Crippen LogP contribution in [0.4, 0.5) is 10.1 Å². The first kappa shape index (κ1) is 15.6. The van der Waals surface area contributed by atoms with Gasteiger partial charge in [0.2, 0.25) is 10.0 Å². The Morgan fingerprint density at radius 3 is 2.75 bits per heavy atom. The zero-order valence-electron chi connectivity index (χ0n) is 11.5. The molecular weight excluding hydrogens is 299 g/mol. The fourth-order valence-corrected chi connectivity index (χ4v) is 5.16. The van der Waals surface area contributed by atoms with Crippen molar-refractivity contribution in [3.63, 3.8) is 0 Å². The molecule has 2 unspecified atom stereocenters. The van der Waals surface area contributed by atoms with E-state index in [-0.39, 0.29) is 16.6 Å². The van der Waals surface area contributed by atoms with Crippen LogP contribution in [0.5, 0.6) is 0 Å². The second-order valence-electron chi connectivity index (χ2n) is 5.07. The van der Waals surface area contributed by atoms with E-state index in [2.05, 4.69) is 4.72 Å². The molecule has 0 aromatic heterocycles. The van der Waals surface area contributed by atoms with E-state index >= 15 is 0 Å². The number of anilines is 1. The Bertz CT molecular complexity index is 605. The van der Waals surface area contributed by atoms with Crippen LogP contribution in [0.2, 0.25) is 0 Å². The van der Waals surface area contributed by atoms with Crippen LogP contribution >= 0.6 is 11.8 Å². The van der Waals surface area contributed by atoms with Crippen molar-refractivity contribution in [2.45, 2.75) is 42.4 Å². The number of nitrogen functional groups attached to an aromatic ring is 1. The molecule has 1 fully saturated rings. The average Bonchev–Trinajstić information content (AvgIpc) is 2.80. The predicted molar refractivity (Wildman–Crippen MR) is 80.8 cm³/mol. The standard InChI is InChI=1S/C13H19FN2O2S2/c1-8-6-9(14)10(15)7-13(8)20(17,18)16-11-4-3-5-12(11)19-2/h6-7,11-12,16H,3-5,15H2,1-2H3. The highest BCUT2D eigenvalue weighted by Gasteiger charge is 2.31. The summed E-state index contributed by atoms with van der Waals surface area (Å²) in [6, 6.07) is 2.28. The van der Waals surface area contributed by atoms with Crippen LogP contribution in [0.25, 0.3) is 0 Å². The minimum Gasteiger partial charge on any atom is -0.396 e. The summed E-state index contributed by atoms with van der Waals surface area (Å²) in [7, 11) is -3.67. The Morgan fingerprint density at radius 1 is 1.40 bits per heavy atom. The fraction of sp³-hybridized carbons (Fsp3) is 0.538. The summed E-state index contributed by atoms with van der Waals surface area (Å²) in [5.41, 5.74) is 5.69. The second-order valence-corrected chi connectivity index (χ2v) is 7.83. The van der Waals surface area contributed by atoms with Gasteiger partial charge in [-0.1, -0.05) is 6.42 Å². The van der Waals surface area contributed by atoms with E-state index in [0.29, 0.717) is 10.8 Å². The van der Waals surface area contributed by atoms with Gasteiger partial charge in [0, 0.05) is 11.3 Å². The zero-order chi connectivity index (χ0) is 14.9. The number of hydrogen-bond donors (Lipinski definition) is 2. The van der Waals surface area contributed by atoms with Crippen molar-refractivity contribution in [3.8, 4) is 0 Å². The monoisotopic (exact) mass is 318 g/mol. The van der Waals surface area contributed by atoms with Crippen LogP contribution in [0.3, 0.4) is 0 Å². The van der Waals surface area contributed by atoms with Crippen molar-refractivity contribution in [2.24, 2.45) is 0 Å². The average molecular weight is 318 g/mol. The smallest absolute Gasteiger partial charge is 0.241 e.